The molecule has 0 unspecified atom stereocenters. The van der Waals surface area contributed by atoms with Crippen LogP contribution < -0.4 is 0 Å². The number of aliphatic hydroxyl groups is 1. The average molecular weight is 327 g/mol. The lowest BCUT2D eigenvalue weighted by atomic mass is 9.76. The Hall–Kier alpha value is -1.73. The van der Waals surface area contributed by atoms with E-state index in [-0.39, 0.29) is 36.8 Å². The molecule has 0 aliphatic heterocycles. The van der Waals surface area contributed by atoms with E-state index < -0.39 is 5.97 Å². The Labute approximate surface area is 136 Å². The van der Waals surface area contributed by atoms with Crippen LogP contribution in [-0.2, 0) is 19.1 Å². The summed E-state index contributed by atoms with van der Waals surface area (Å²) < 4.78 is 10.1. The summed E-state index contributed by atoms with van der Waals surface area (Å²) in [5.41, 5.74) is 0.632. The molecule has 0 aromatic heterocycles. The zero-order valence-corrected chi connectivity index (χ0v) is 13.9. The molecule has 23 heavy (non-hydrogen) atoms. The fraction of sp³-hybridized carbons (Fsp3) is 0.688. The molecule has 0 spiro atoms. The van der Waals surface area contributed by atoms with E-state index >= 15 is 0 Å². The van der Waals surface area contributed by atoms with Crippen LogP contribution in [0.15, 0.2) is 16.3 Å². The van der Waals surface area contributed by atoms with Crippen molar-refractivity contribution in [3.8, 4) is 0 Å². The maximum absolute atomic E-state index is 12.1. The monoisotopic (exact) mass is 327 g/mol. The highest BCUT2D eigenvalue weighted by Gasteiger charge is 2.33. The molecule has 1 aliphatic rings. The van der Waals surface area contributed by atoms with Crippen molar-refractivity contribution in [2.45, 2.75) is 33.6 Å². The van der Waals surface area contributed by atoms with Gasteiger partial charge in [0.2, 0.25) is 0 Å². The predicted molar refractivity (Wildman–Crippen MR) is 84.9 cm³/mol. The van der Waals surface area contributed by atoms with Crippen molar-refractivity contribution in [3.05, 3.63) is 11.3 Å². The molecular weight excluding hydrogens is 302 g/mol. The van der Waals surface area contributed by atoms with Crippen LogP contribution in [0.2, 0.25) is 0 Å². The maximum atomic E-state index is 12.1. The molecule has 0 saturated heterocycles. The summed E-state index contributed by atoms with van der Waals surface area (Å²) in [4.78, 5) is 26.6. The zero-order valence-electron chi connectivity index (χ0n) is 13.9. The fourth-order valence-corrected chi connectivity index (χ4v) is 2.44. The van der Waals surface area contributed by atoms with Crippen LogP contribution in [0.3, 0.4) is 0 Å². The van der Waals surface area contributed by atoms with Crippen LogP contribution in [0.1, 0.15) is 33.6 Å². The highest BCUT2D eigenvalue weighted by atomic mass is 16.5. The van der Waals surface area contributed by atoms with Gasteiger partial charge in [-0.25, -0.2) is 4.79 Å². The molecule has 0 aromatic carbocycles. The highest BCUT2D eigenvalue weighted by Crippen LogP contribution is 2.36. The number of hydrogen-bond donors (Lipinski definition) is 2. The van der Waals surface area contributed by atoms with Gasteiger partial charge in [0, 0.05) is 18.6 Å². The number of carboxylic acids is 1. The Morgan fingerprint density at radius 3 is 2.48 bits per heavy atom. The van der Waals surface area contributed by atoms with Gasteiger partial charge in [0.1, 0.15) is 12.4 Å². The largest absolute Gasteiger partial charge is 0.511 e. The van der Waals surface area contributed by atoms with Gasteiger partial charge in [-0.15, -0.1) is 0 Å². The molecule has 1 rings (SSSR count). The molecule has 0 fully saturated rings. The molecule has 2 N–H and O–H groups in total. The van der Waals surface area contributed by atoms with Crippen LogP contribution >= 0.6 is 0 Å². The van der Waals surface area contributed by atoms with Crippen LogP contribution in [0.4, 0.5) is 0 Å². The van der Waals surface area contributed by atoms with E-state index in [1.165, 1.54) is 0 Å². The van der Waals surface area contributed by atoms with Gasteiger partial charge in [0.05, 0.1) is 31.9 Å². The molecule has 130 valence electrons. The lowest BCUT2D eigenvalue weighted by molar-refractivity contribution is -0.142. The summed E-state index contributed by atoms with van der Waals surface area (Å²) in [5.74, 6) is -0.989. The number of ether oxygens (including phenoxy) is 2. The first-order valence-electron chi connectivity index (χ1n) is 7.57. The minimum absolute atomic E-state index is 0.0806. The highest BCUT2D eigenvalue weighted by molar-refractivity contribution is 6.22. The van der Waals surface area contributed by atoms with Crippen LogP contribution in [-0.4, -0.2) is 60.6 Å². The third kappa shape index (κ3) is 6.92. The smallest absolute Gasteiger partial charge is 0.329 e. The van der Waals surface area contributed by atoms with E-state index in [0.29, 0.717) is 37.3 Å². The number of carbonyl (C=O) groups excluding carboxylic acids is 1. The Kier molecular flexibility index (Phi) is 7.38. The van der Waals surface area contributed by atoms with Gasteiger partial charge in [0.25, 0.3) is 0 Å². The van der Waals surface area contributed by atoms with E-state index in [4.69, 9.17) is 14.6 Å². The van der Waals surface area contributed by atoms with Crippen molar-refractivity contribution >= 4 is 17.5 Å². The van der Waals surface area contributed by atoms with Crippen LogP contribution in [0, 0.1) is 5.41 Å². The Morgan fingerprint density at radius 2 is 1.87 bits per heavy atom. The van der Waals surface area contributed by atoms with Gasteiger partial charge >= 0.3 is 5.97 Å². The van der Waals surface area contributed by atoms with E-state index in [1.54, 1.807) is 6.92 Å². The number of hydrogen-bond acceptors (Lipinski definition) is 6. The third-order valence-corrected chi connectivity index (χ3v) is 3.40. The topological polar surface area (TPSA) is 105 Å². The molecule has 7 nitrogen and oxygen atoms in total. The number of Topliss-reactive ketones (excluding diaryl/α,β-unsaturated/α-hetero) is 1. The van der Waals surface area contributed by atoms with Crippen molar-refractivity contribution in [2.24, 2.45) is 10.4 Å². The minimum atomic E-state index is -1.02. The molecular formula is C16H25NO6. The van der Waals surface area contributed by atoms with Gasteiger partial charge in [0.15, 0.2) is 5.78 Å². The van der Waals surface area contributed by atoms with E-state index in [2.05, 4.69) is 4.99 Å². The number of carboxylic acid groups (broad SMARTS) is 1. The summed E-state index contributed by atoms with van der Waals surface area (Å²) in [7, 11) is 0. The lowest BCUT2D eigenvalue weighted by Gasteiger charge is -2.29. The molecule has 1 aliphatic carbocycles. The number of carbonyl (C=O) groups is 2. The first-order chi connectivity index (χ1) is 10.7. The normalized spacial score (nSPS) is 18.4. The molecule has 7 heteroatoms. The standard InChI is InChI=1S/C16H25NO6/c1-11(15-12(18)8-16(2,3)9-13(15)19)17-4-5-22-6-7-23-10-14(20)21/h18H,4-10H2,1-3H3,(H,20,21). The Morgan fingerprint density at radius 1 is 1.22 bits per heavy atom. The summed E-state index contributed by atoms with van der Waals surface area (Å²) in [6, 6.07) is 0. The van der Waals surface area contributed by atoms with Crippen molar-refractivity contribution in [1.82, 2.24) is 0 Å². The summed E-state index contributed by atoms with van der Waals surface area (Å²) in [6.45, 7) is 6.44. The first-order valence-corrected chi connectivity index (χ1v) is 7.57. The molecule has 0 bridgehead atoms. The second-order valence-corrected chi connectivity index (χ2v) is 6.29. The van der Waals surface area contributed by atoms with Gasteiger partial charge in [-0.05, 0) is 12.3 Å². The lowest BCUT2D eigenvalue weighted by Crippen LogP contribution is -2.28. The number of allylic oxidation sites excluding steroid dienone is 2. The summed E-state index contributed by atoms with van der Waals surface area (Å²) >= 11 is 0. The quantitative estimate of drug-likeness (QED) is 0.494. The predicted octanol–water partition coefficient (Wildman–Crippen LogP) is 1.77. The summed E-state index contributed by atoms with van der Waals surface area (Å²) in [6.07, 6.45) is 0.870. The fourth-order valence-electron chi connectivity index (χ4n) is 2.44. The molecule has 0 saturated carbocycles. The van der Waals surface area contributed by atoms with Crippen molar-refractivity contribution < 1.29 is 29.3 Å². The number of rotatable bonds is 9. The Bertz CT molecular complexity index is 507. The first kappa shape index (κ1) is 19.3. The Balaban J connectivity index is 2.37. The van der Waals surface area contributed by atoms with Crippen LogP contribution in [0.5, 0.6) is 0 Å². The van der Waals surface area contributed by atoms with Crippen LogP contribution in [0.25, 0.3) is 0 Å². The third-order valence-electron chi connectivity index (χ3n) is 3.40. The number of aliphatic hydroxyl groups excluding tert-OH is 1. The van der Waals surface area contributed by atoms with Crippen molar-refractivity contribution in [3.63, 3.8) is 0 Å². The summed E-state index contributed by atoms with van der Waals surface area (Å²) in [5, 5.41) is 18.5. The second kappa shape index (κ2) is 8.79. The van der Waals surface area contributed by atoms with E-state index in [1.807, 2.05) is 13.8 Å². The second-order valence-electron chi connectivity index (χ2n) is 6.29. The average Bonchev–Trinajstić information content (AvgIpc) is 2.39. The minimum Gasteiger partial charge on any atom is -0.511 e. The van der Waals surface area contributed by atoms with E-state index in [0.717, 1.165) is 0 Å². The maximum Gasteiger partial charge on any atom is 0.329 e. The number of nitrogens with zero attached hydrogens (tertiary/aromatic N) is 1. The molecule has 0 heterocycles. The van der Waals surface area contributed by atoms with Gasteiger partial charge < -0.3 is 19.7 Å². The van der Waals surface area contributed by atoms with Gasteiger partial charge in [-0.1, -0.05) is 13.8 Å². The van der Waals surface area contributed by atoms with Crippen molar-refractivity contribution in [2.75, 3.05) is 33.0 Å². The zero-order chi connectivity index (χ0) is 17.5. The molecule has 0 atom stereocenters. The number of aliphatic imine (C=N–C) groups is 1. The van der Waals surface area contributed by atoms with Gasteiger partial charge in [-0.3, -0.25) is 9.79 Å². The van der Waals surface area contributed by atoms with E-state index in [9.17, 15) is 14.7 Å². The van der Waals surface area contributed by atoms with Crippen molar-refractivity contribution in [1.29, 1.82) is 0 Å². The molecule has 0 radical (unpaired) electrons. The number of ketones is 1. The number of aliphatic carboxylic acids is 1. The molecule has 0 amide bonds. The molecule has 0 aromatic rings. The SMILES string of the molecule is CC(=NCCOCCOCC(=O)O)C1=C(O)CC(C)(C)CC1=O. The van der Waals surface area contributed by atoms with Gasteiger partial charge in [-0.2, -0.15) is 0 Å².